The van der Waals surface area contributed by atoms with E-state index in [-0.39, 0.29) is 0 Å². The number of rotatable bonds is 3. The summed E-state index contributed by atoms with van der Waals surface area (Å²) in [5.41, 5.74) is 5.86. The van der Waals surface area contributed by atoms with E-state index in [1.54, 1.807) is 0 Å². The predicted octanol–water partition coefficient (Wildman–Crippen LogP) is 1.26. The zero-order valence-corrected chi connectivity index (χ0v) is 8.54. The van der Waals surface area contributed by atoms with Crippen molar-refractivity contribution in [3.05, 3.63) is 0 Å². The van der Waals surface area contributed by atoms with E-state index in [4.69, 9.17) is 10.2 Å². The van der Waals surface area contributed by atoms with Gasteiger partial charge in [-0.3, -0.25) is 0 Å². The van der Waals surface area contributed by atoms with E-state index in [0.717, 1.165) is 13.0 Å². The molecule has 0 aromatic heterocycles. The Bertz CT molecular complexity index is 104. The van der Waals surface area contributed by atoms with Gasteiger partial charge in [-0.2, -0.15) is 0 Å². The van der Waals surface area contributed by atoms with Crippen molar-refractivity contribution in [2.45, 2.75) is 44.3 Å². The highest BCUT2D eigenvalue weighted by Gasteiger charge is 2.18. The highest BCUT2D eigenvalue weighted by molar-refractivity contribution is 6.52. The lowest BCUT2D eigenvalue weighted by Gasteiger charge is -2.23. The van der Waals surface area contributed by atoms with Crippen molar-refractivity contribution in [1.82, 2.24) is 0 Å². The molecule has 0 saturated carbocycles. The van der Waals surface area contributed by atoms with Gasteiger partial charge in [0.1, 0.15) is 0 Å². The lowest BCUT2D eigenvalue weighted by atomic mass is 10.3. The van der Waals surface area contributed by atoms with Gasteiger partial charge in [0.2, 0.25) is 0 Å². The van der Waals surface area contributed by atoms with E-state index >= 15 is 0 Å². The third-order valence-corrected chi connectivity index (χ3v) is 5.25. The van der Waals surface area contributed by atoms with Crippen molar-refractivity contribution in [1.29, 1.82) is 0 Å². The Morgan fingerprint density at radius 2 is 2.36 bits per heavy atom. The minimum absolute atomic E-state index is 0.407. The quantitative estimate of drug-likeness (QED) is 0.652. The molecular weight excluding hydrogens is 154 g/mol. The van der Waals surface area contributed by atoms with Crippen LogP contribution in [-0.4, -0.2) is 21.7 Å². The third kappa shape index (κ3) is 3.36. The fraction of sp³-hybridized carbons (Fsp3) is 1.00. The highest BCUT2D eigenvalue weighted by Crippen LogP contribution is 2.15. The molecular formula is C8H19NOSi. The fourth-order valence-corrected chi connectivity index (χ4v) is 4.29. The smallest absolute Gasteiger partial charge is 0.178 e. The van der Waals surface area contributed by atoms with Crippen molar-refractivity contribution < 1.29 is 4.43 Å². The van der Waals surface area contributed by atoms with E-state index < -0.39 is 9.04 Å². The van der Waals surface area contributed by atoms with E-state index in [2.05, 4.69) is 6.92 Å². The lowest BCUT2D eigenvalue weighted by molar-refractivity contribution is 0.284. The average Bonchev–Trinajstić information content (AvgIpc) is 2.06. The molecule has 1 rings (SSSR count). The van der Waals surface area contributed by atoms with Crippen LogP contribution in [-0.2, 0) is 4.43 Å². The number of nitrogens with two attached hydrogens (primary N) is 1. The Balaban J connectivity index is 2.13. The normalized spacial score (nSPS) is 28.4. The summed E-state index contributed by atoms with van der Waals surface area (Å²) in [7, 11) is -0.827. The SMILES string of the molecule is CCC(N)C[SiH]1CCCCO1. The first kappa shape index (κ1) is 9.23. The standard InChI is InChI=1S/C8H19NOSi/c1-2-8(9)7-11-6-4-3-5-10-11/h8,11H,2-7,9H2,1H3. The van der Waals surface area contributed by atoms with Crippen LogP contribution in [0.5, 0.6) is 0 Å². The second-order valence-corrected chi connectivity index (χ2v) is 6.02. The summed E-state index contributed by atoms with van der Waals surface area (Å²) in [4.78, 5) is 0. The second-order valence-electron chi connectivity index (χ2n) is 3.39. The van der Waals surface area contributed by atoms with E-state index in [0.29, 0.717) is 6.04 Å². The maximum absolute atomic E-state index is 5.86. The van der Waals surface area contributed by atoms with Gasteiger partial charge in [0.05, 0.1) is 0 Å². The molecule has 0 bridgehead atoms. The van der Waals surface area contributed by atoms with Crippen LogP contribution in [0.1, 0.15) is 26.2 Å². The Kier molecular flexibility index (Phi) is 4.11. The van der Waals surface area contributed by atoms with Gasteiger partial charge in [-0.25, -0.2) is 0 Å². The van der Waals surface area contributed by atoms with Gasteiger partial charge >= 0.3 is 0 Å². The summed E-state index contributed by atoms with van der Waals surface area (Å²) in [6, 6.07) is 2.95. The molecule has 2 atom stereocenters. The van der Waals surface area contributed by atoms with Gasteiger partial charge in [0, 0.05) is 12.6 Å². The van der Waals surface area contributed by atoms with Crippen LogP contribution < -0.4 is 5.73 Å². The molecule has 2 unspecified atom stereocenters. The topological polar surface area (TPSA) is 35.2 Å². The molecule has 0 radical (unpaired) electrons. The Morgan fingerprint density at radius 1 is 1.55 bits per heavy atom. The van der Waals surface area contributed by atoms with Crippen LogP contribution in [0.2, 0.25) is 12.1 Å². The first-order valence-corrected chi connectivity index (χ1v) is 6.80. The number of hydrogen-bond donors (Lipinski definition) is 1. The molecule has 11 heavy (non-hydrogen) atoms. The van der Waals surface area contributed by atoms with Crippen molar-refractivity contribution in [3.8, 4) is 0 Å². The third-order valence-electron chi connectivity index (χ3n) is 2.36. The molecule has 1 aliphatic heterocycles. The summed E-state index contributed by atoms with van der Waals surface area (Å²) in [6.45, 7) is 3.16. The van der Waals surface area contributed by atoms with Gasteiger partial charge < -0.3 is 10.2 Å². The van der Waals surface area contributed by atoms with Crippen molar-refractivity contribution >= 4 is 9.04 Å². The van der Waals surface area contributed by atoms with Crippen LogP contribution in [0.3, 0.4) is 0 Å². The molecule has 1 heterocycles. The molecule has 1 aliphatic rings. The zero-order valence-electron chi connectivity index (χ0n) is 7.38. The van der Waals surface area contributed by atoms with Crippen LogP contribution in [0.4, 0.5) is 0 Å². The monoisotopic (exact) mass is 173 g/mol. The number of hydrogen-bond acceptors (Lipinski definition) is 2. The molecule has 2 N–H and O–H groups in total. The van der Waals surface area contributed by atoms with Crippen molar-refractivity contribution in [2.75, 3.05) is 6.61 Å². The first-order valence-electron chi connectivity index (χ1n) is 4.70. The van der Waals surface area contributed by atoms with Crippen LogP contribution in [0.25, 0.3) is 0 Å². The molecule has 0 spiro atoms. The fourth-order valence-electron chi connectivity index (χ4n) is 1.50. The van der Waals surface area contributed by atoms with Crippen LogP contribution in [0.15, 0.2) is 0 Å². The Hall–Kier alpha value is 0.137. The zero-order chi connectivity index (χ0) is 8.10. The maximum Gasteiger partial charge on any atom is 0.178 e. The van der Waals surface area contributed by atoms with Gasteiger partial charge in [0.25, 0.3) is 0 Å². The molecule has 66 valence electrons. The summed E-state index contributed by atoms with van der Waals surface area (Å²) in [6.07, 6.45) is 3.76. The summed E-state index contributed by atoms with van der Waals surface area (Å²) < 4.78 is 5.71. The van der Waals surface area contributed by atoms with Crippen molar-refractivity contribution in [3.63, 3.8) is 0 Å². The molecule has 2 nitrogen and oxygen atoms in total. The van der Waals surface area contributed by atoms with Crippen LogP contribution in [0, 0.1) is 0 Å². The minimum atomic E-state index is -0.827. The van der Waals surface area contributed by atoms with E-state index in [1.165, 1.54) is 24.9 Å². The molecule has 0 aromatic carbocycles. The molecule has 0 aliphatic carbocycles. The molecule has 0 aromatic rings. The maximum atomic E-state index is 5.86. The lowest BCUT2D eigenvalue weighted by Crippen LogP contribution is -2.31. The summed E-state index contributed by atoms with van der Waals surface area (Å²) >= 11 is 0. The Labute approximate surface area is 70.8 Å². The molecule has 1 saturated heterocycles. The van der Waals surface area contributed by atoms with Gasteiger partial charge in [-0.15, -0.1) is 0 Å². The highest BCUT2D eigenvalue weighted by atomic mass is 28.3. The van der Waals surface area contributed by atoms with Gasteiger partial charge in [-0.05, 0) is 24.9 Å². The first-order chi connectivity index (χ1) is 5.33. The van der Waals surface area contributed by atoms with Gasteiger partial charge in [0.15, 0.2) is 9.04 Å². The average molecular weight is 173 g/mol. The van der Waals surface area contributed by atoms with E-state index in [1.807, 2.05) is 0 Å². The summed E-state index contributed by atoms with van der Waals surface area (Å²) in [5.74, 6) is 0. The van der Waals surface area contributed by atoms with Crippen molar-refractivity contribution in [2.24, 2.45) is 5.73 Å². The molecule has 0 amide bonds. The minimum Gasteiger partial charge on any atom is -0.420 e. The van der Waals surface area contributed by atoms with Gasteiger partial charge in [-0.1, -0.05) is 13.3 Å². The largest absolute Gasteiger partial charge is 0.420 e. The molecule has 3 heteroatoms. The second kappa shape index (κ2) is 4.90. The van der Waals surface area contributed by atoms with E-state index in [9.17, 15) is 0 Å². The molecule has 1 fully saturated rings. The Morgan fingerprint density at radius 3 is 2.91 bits per heavy atom. The predicted molar refractivity (Wildman–Crippen MR) is 50.2 cm³/mol. The van der Waals surface area contributed by atoms with Crippen LogP contribution >= 0.6 is 0 Å². The summed E-state index contributed by atoms with van der Waals surface area (Å²) in [5, 5.41) is 0.